The summed E-state index contributed by atoms with van der Waals surface area (Å²) < 4.78 is 20.8. The highest BCUT2D eigenvalue weighted by molar-refractivity contribution is 9.10. The summed E-state index contributed by atoms with van der Waals surface area (Å²) in [5.74, 6) is 0.232. The first-order valence-corrected chi connectivity index (χ1v) is 8.57. The van der Waals surface area contributed by atoms with Crippen LogP contribution >= 0.6 is 15.9 Å². The molecule has 120 valence electrons. The van der Waals surface area contributed by atoms with E-state index in [1.807, 2.05) is 13.0 Å². The highest BCUT2D eigenvalue weighted by Gasteiger charge is 2.25. The molecule has 0 amide bonds. The lowest BCUT2D eigenvalue weighted by Gasteiger charge is -2.31. The van der Waals surface area contributed by atoms with Gasteiger partial charge in [-0.2, -0.15) is 0 Å². The van der Waals surface area contributed by atoms with Crippen molar-refractivity contribution in [2.24, 2.45) is 5.92 Å². The third-order valence-electron chi connectivity index (χ3n) is 3.52. The number of halogens is 2. The van der Waals surface area contributed by atoms with Crippen molar-refractivity contribution in [3.63, 3.8) is 0 Å². The Bertz CT molecular complexity index is 425. The monoisotopic (exact) mass is 359 g/mol. The maximum atomic E-state index is 14.0. The Morgan fingerprint density at radius 1 is 1.29 bits per heavy atom. The molecule has 0 bridgehead atoms. The maximum absolute atomic E-state index is 14.0. The van der Waals surface area contributed by atoms with Gasteiger partial charge in [0.25, 0.3) is 0 Å². The van der Waals surface area contributed by atoms with Gasteiger partial charge in [0, 0.05) is 17.1 Å². The van der Waals surface area contributed by atoms with Crippen LogP contribution in [0.15, 0.2) is 22.7 Å². The van der Waals surface area contributed by atoms with Crippen LogP contribution in [-0.4, -0.2) is 25.3 Å². The molecule has 2 nitrogen and oxygen atoms in total. The molecule has 0 aliphatic rings. The molecule has 0 aliphatic heterocycles. The predicted molar refractivity (Wildman–Crippen MR) is 90.1 cm³/mol. The van der Waals surface area contributed by atoms with Gasteiger partial charge in [-0.3, -0.25) is 0 Å². The lowest BCUT2D eigenvalue weighted by Crippen LogP contribution is -2.46. The highest BCUT2D eigenvalue weighted by atomic mass is 79.9. The molecule has 0 saturated heterocycles. The molecule has 0 aromatic heterocycles. The zero-order valence-corrected chi connectivity index (χ0v) is 15.0. The van der Waals surface area contributed by atoms with Gasteiger partial charge in [-0.25, -0.2) is 4.39 Å². The molecule has 0 heterocycles. The van der Waals surface area contributed by atoms with E-state index in [0.717, 1.165) is 23.0 Å². The summed E-state index contributed by atoms with van der Waals surface area (Å²) >= 11 is 3.42. The molecule has 2 atom stereocenters. The minimum atomic E-state index is -0.152. The van der Waals surface area contributed by atoms with E-state index in [4.69, 9.17) is 4.74 Å². The highest BCUT2D eigenvalue weighted by Crippen LogP contribution is 2.21. The van der Waals surface area contributed by atoms with Gasteiger partial charge in [0.2, 0.25) is 0 Å². The fourth-order valence-corrected chi connectivity index (χ4v) is 2.95. The smallest absolute Gasteiger partial charge is 0.126 e. The van der Waals surface area contributed by atoms with Crippen LogP contribution in [0.1, 0.15) is 39.7 Å². The molecule has 0 fully saturated rings. The van der Waals surface area contributed by atoms with Gasteiger partial charge in [0.15, 0.2) is 0 Å². The van der Waals surface area contributed by atoms with E-state index >= 15 is 0 Å². The zero-order valence-electron chi connectivity index (χ0n) is 13.5. The molecule has 0 spiro atoms. The van der Waals surface area contributed by atoms with Gasteiger partial charge in [-0.05, 0) is 56.0 Å². The van der Waals surface area contributed by atoms with E-state index in [2.05, 4.69) is 42.0 Å². The van der Waals surface area contributed by atoms with E-state index in [0.29, 0.717) is 18.9 Å². The Kier molecular flexibility index (Phi) is 8.45. The Labute approximate surface area is 136 Å². The Hall–Kier alpha value is -0.450. The van der Waals surface area contributed by atoms with Gasteiger partial charge in [-0.1, -0.05) is 36.7 Å². The summed E-state index contributed by atoms with van der Waals surface area (Å²) in [5, 5.41) is 3.52. The van der Waals surface area contributed by atoms with E-state index in [-0.39, 0.29) is 18.0 Å². The van der Waals surface area contributed by atoms with Crippen LogP contribution in [0.5, 0.6) is 0 Å². The quantitative estimate of drug-likeness (QED) is 0.697. The second-order valence-electron chi connectivity index (χ2n) is 5.66. The number of benzene rings is 1. The summed E-state index contributed by atoms with van der Waals surface area (Å²) in [7, 11) is 0. The maximum Gasteiger partial charge on any atom is 0.126 e. The van der Waals surface area contributed by atoms with Crippen molar-refractivity contribution >= 4 is 15.9 Å². The van der Waals surface area contributed by atoms with Crippen LogP contribution in [0.4, 0.5) is 4.39 Å². The molecule has 1 aromatic carbocycles. The van der Waals surface area contributed by atoms with Gasteiger partial charge >= 0.3 is 0 Å². The van der Waals surface area contributed by atoms with E-state index < -0.39 is 0 Å². The Morgan fingerprint density at radius 2 is 2.00 bits per heavy atom. The zero-order chi connectivity index (χ0) is 15.8. The van der Waals surface area contributed by atoms with Crippen molar-refractivity contribution in [3.05, 3.63) is 34.1 Å². The van der Waals surface area contributed by atoms with Crippen molar-refractivity contribution in [2.75, 3.05) is 13.2 Å². The summed E-state index contributed by atoms with van der Waals surface area (Å²) in [5.41, 5.74) is 0.725. The predicted octanol–water partition coefficient (Wildman–Crippen LogP) is 4.56. The molecule has 1 N–H and O–H groups in total. The average molecular weight is 360 g/mol. The fraction of sp³-hybridized carbons (Fsp3) is 0.647. The van der Waals surface area contributed by atoms with Crippen LogP contribution in [0.2, 0.25) is 0 Å². The summed E-state index contributed by atoms with van der Waals surface area (Å²) in [4.78, 5) is 0. The Balaban J connectivity index is 2.92. The first-order valence-electron chi connectivity index (χ1n) is 7.78. The lowest BCUT2D eigenvalue weighted by atomic mass is 9.93. The van der Waals surface area contributed by atoms with Crippen molar-refractivity contribution in [1.82, 2.24) is 5.32 Å². The van der Waals surface area contributed by atoms with Crippen LogP contribution in [0.25, 0.3) is 0 Å². The molecule has 1 rings (SSSR count). The summed E-state index contributed by atoms with van der Waals surface area (Å²) in [6.07, 6.45) is 1.77. The number of rotatable bonds is 9. The second kappa shape index (κ2) is 9.54. The standard InChI is InChI=1S/C17H27BrFNO/c1-5-9-20-16(17(12(3)4)21-6-2)11-13-10-14(18)7-8-15(13)19/h7-8,10,12,16-17,20H,5-6,9,11H2,1-4H3. The van der Waals surface area contributed by atoms with Crippen molar-refractivity contribution in [3.8, 4) is 0 Å². The van der Waals surface area contributed by atoms with E-state index in [1.165, 1.54) is 6.07 Å². The lowest BCUT2D eigenvalue weighted by molar-refractivity contribution is 0.00345. The largest absolute Gasteiger partial charge is 0.377 e. The average Bonchev–Trinajstić information content (AvgIpc) is 2.44. The first kappa shape index (κ1) is 18.6. The third-order valence-corrected chi connectivity index (χ3v) is 4.01. The van der Waals surface area contributed by atoms with Gasteiger partial charge in [-0.15, -0.1) is 0 Å². The molecule has 0 saturated carbocycles. The molecule has 4 heteroatoms. The first-order chi connectivity index (χ1) is 9.99. The SMILES string of the molecule is CCCNC(Cc1cc(Br)ccc1F)C(OCC)C(C)C. The van der Waals surface area contributed by atoms with Crippen LogP contribution in [0, 0.1) is 11.7 Å². The second-order valence-corrected chi connectivity index (χ2v) is 6.58. The number of nitrogens with one attached hydrogen (secondary N) is 1. The normalized spacial score (nSPS) is 14.4. The third kappa shape index (κ3) is 6.05. The molecule has 0 aliphatic carbocycles. The topological polar surface area (TPSA) is 21.3 Å². The van der Waals surface area contributed by atoms with Crippen molar-refractivity contribution in [2.45, 2.75) is 52.7 Å². The number of hydrogen-bond acceptors (Lipinski definition) is 2. The van der Waals surface area contributed by atoms with E-state index in [9.17, 15) is 4.39 Å². The van der Waals surface area contributed by atoms with Crippen molar-refractivity contribution < 1.29 is 9.13 Å². The molecule has 21 heavy (non-hydrogen) atoms. The summed E-state index contributed by atoms with van der Waals surface area (Å²) in [6.45, 7) is 10.0. The van der Waals surface area contributed by atoms with Crippen LogP contribution < -0.4 is 5.32 Å². The van der Waals surface area contributed by atoms with Crippen molar-refractivity contribution in [1.29, 1.82) is 0 Å². The number of ether oxygens (including phenoxy) is 1. The fourth-order valence-electron chi connectivity index (χ4n) is 2.54. The molecular formula is C17H27BrFNO. The van der Waals surface area contributed by atoms with Crippen LogP contribution in [0.3, 0.4) is 0 Å². The number of hydrogen-bond donors (Lipinski definition) is 1. The molecule has 2 unspecified atom stereocenters. The molecule has 0 radical (unpaired) electrons. The molecule has 1 aromatic rings. The molecular weight excluding hydrogens is 333 g/mol. The minimum Gasteiger partial charge on any atom is -0.377 e. The minimum absolute atomic E-state index is 0.0833. The van der Waals surface area contributed by atoms with Gasteiger partial charge in [0.05, 0.1) is 6.10 Å². The van der Waals surface area contributed by atoms with Gasteiger partial charge < -0.3 is 10.1 Å². The van der Waals surface area contributed by atoms with E-state index in [1.54, 1.807) is 6.07 Å². The van der Waals surface area contributed by atoms with Gasteiger partial charge in [0.1, 0.15) is 5.82 Å². The Morgan fingerprint density at radius 3 is 2.57 bits per heavy atom. The summed E-state index contributed by atoms with van der Waals surface area (Å²) in [6, 6.07) is 5.23. The van der Waals surface area contributed by atoms with Crippen LogP contribution in [-0.2, 0) is 11.2 Å².